The predicted octanol–water partition coefficient (Wildman–Crippen LogP) is 1.98. The summed E-state index contributed by atoms with van der Waals surface area (Å²) in [4.78, 5) is 10.3. The minimum atomic E-state index is 0.279. The zero-order valence-electron chi connectivity index (χ0n) is 7.82. The molecule has 0 aromatic rings. The largest absolute Gasteiger partial charge is 0.464 e. The van der Waals surface area contributed by atoms with Crippen molar-refractivity contribution >= 4 is 6.47 Å². The molecule has 0 aromatic carbocycles. The van der Waals surface area contributed by atoms with Gasteiger partial charge in [-0.3, -0.25) is 4.79 Å². The summed E-state index contributed by atoms with van der Waals surface area (Å²) in [6, 6.07) is 0. The molecule has 0 radical (unpaired) electrons. The fraction of sp³-hybridized carbons (Fsp3) is 0.909. The van der Waals surface area contributed by atoms with E-state index in [2.05, 4.69) is 0 Å². The average molecular weight is 180 g/mol. The van der Waals surface area contributed by atoms with E-state index in [1.165, 1.54) is 25.7 Å². The van der Waals surface area contributed by atoms with Crippen LogP contribution in [0.5, 0.6) is 0 Å². The molecule has 3 fully saturated rings. The molecular formula is C11H16O2. The third-order valence-corrected chi connectivity index (χ3v) is 4.60. The van der Waals surface area contributed by atoms with Gasteiger partial charge >= 0.3 is 0 Å². The molecule has 0 saturated heterocycles. The van der Waals surface area contributed by atoms with E-state index in [0.29, 0.717) is 6.47 Å². The molecule has 2 nitrogen and oxygen atoms in total. The van der Waals surface area contributed by atoms with Crippen LogP contribution in [-0.4, -0.2) is 12.6 Å². The van der Waals surface area contributed by atoms with E-state index in [9.17, 15) is 4.79 Å². The van der Waals surface area contributed by atoms with Crippen molar-refractivity contribution in [3.63, 3.8) is 0 Å². The van der Waals surface area contributed by atoms with E-state index in [4.69, 9.17) is 4.74 Å². The van der Waals surface area contributed by atoms with Crippen LogP contribution in [0, 0.1) is 23.7 Å². The Morgan fingerprint density at radius 1 is 1.08 bits per heavy atom. The van der Waals surface area contributed by atoms with Gasteiger partial charge in [-0.25, -0.2) is 0 Å². The Bertz CT molecular complexity index is 226. The molecular weight excluding hydrogens is 164 g/mol. The van der Waals surface area contributed by atoms with Crippen molar-refractivity contribution < 1.29 is 9.53 Å². The van der Waals surface area contributed by atoms with Gasteiger partial charge in [-0.1, -0.05) is 6.42 Å². The number of carbonyl (C=O) groups excluding carboxylic acids is 1. The summed E-state index contributed by atoms with van der Waals surface area (Å²) in [5.74, 6) is 3.52. The van der Waals surface area contributed by atoms with E-state index < -0.39 is 0 Å². The second-order valence-corrected chi connectivity index (χ2v) is 4.92. The Morgan fingerprint density at radius 3 is 2.77 bits per heavy atom. The van der Waals surface area contributed by atoms with Crippen molar-refractivity contribution in [2.75, 3.05) is 0 Å². The monoisotopic (exact) mass is 180 g/mol. The summed E-state index contributed by atoms with van der Waals surface area (Å²) < 4.78 is 5.16. The SMILES string of the molecule is O=CO[C@@H]1C[C@H]2C[C@H]1[C@@H]1CCC[C@@H]21. The van der Waals surface area contributed by atoms with E-state index in [1.807, 2.05) is 0 Å². The minimum Gasteiger partial charge on any atom is -0.464 e. The second kappa shape index (κ2) is 2.73. The molecule has 0 aromatic heterocycles. The number of ether oxygens (including phenoxy) is 1. The quantitative estimate of drug-likeness (QED) is 0.607. The lowest BCUT2D eigenvalue weighted by molar-refractivity contribution is -0.137. The van der Waals surface area contributed by atoms with Gasteiger partial charge in [-0.15, -0.1) is 0 Å². The first kappa shape index (κ1) is 7.84. The lowest BCUT2D eigenvalue weighted by Crippen LogP contribution is -2.29. The zero-order chi connectivity index (χ0) is 8.84. The van der Waals surface area contributed by atoms with Crippen LogP contribution < -0.4 is 0 Å². The molecule has 0 heterocycles. The first-order valence-corrected chi connectivity index (χ1v) is 5.49. The van der Waals surface area contributed by atoms with E-state index in [-0.39, 0.29) is 6.10 Å². The molecule has 2 heteroatoms. The number of hydrogen-bond donors (Lipinski definition) is 0. The molecule has 72 valence electrons. The molecule has 5 atom stereocenters. The van der Waals surface area contributed by atoms with Crippen LogP contribution in [0.25, 0.3) is 0 Å². The zero-order valence-corrected chi connectivity index (χ0v) is 7.82. The first-order valence-electron chi connectivity index (χ1n) is 5.49. The Hall–Kier alpha value is -0.530. The fourth-order valence-corrected chi connectivity index (χ4v) is 4.23. The van der Waals surface area contributed by atoms with Crippen LogP contribution in [0.4, 0.5) is 0 Å². The van der Waals surface area contributed by atoms with Gasteiger partial charge in [0.15, 0.2) is 0 Å². The van der Waals surface area contributed by atoms with E-state index >= 15 is 0 Å². The van der Waals surface area contributed by atoms with Crippen LogP contribution >= 0.6 is 0 Å². The highest BCUT2D eigenvalue weighted by Gasteiger charge is 2.54. The molecule has 2 bridgehead atoms. The van der Waals surface area contributed by atoms with Crippen LogP contribution in [0.1, 0.15) is 32.1 Å². The lowest BCUT2D eigenvalue weighted by atomic mass is 9.80. The van der Waals surface area contributed by atoms with Crippen molar-refractivity contribution in [2.24, 2.45) is 23.7 Å². The van der Waals surface area contributed by atoms with Crippen LogP contribution in [-0.2, 0) is 9.53 Å². The molecule has 0 aliphatic heterocycles. The van der Waals surface area contributed by atoms with Gasteiger partial charge in [0.05, 0.1) is 0 Å². The highest BCUT2D eigenvalue weighted by molar-refractivity contribution is 5.38. The first-order chi connectivity index (χ1) is 6.40. The topological polar surface area (TPSA) is 26.3 Å². The number of fused-ring (bicyclic) bond motifs is 5. The highest BCUT2D eigenvalue weighted by Crippen LogP contribution is 2.59. The van der Waals surface area contributed by atoms with Crippen LogP contribution in [0.3, 0.4) is 0 Å². The van der Waals surface area contributed by atoms with Crippen LogP contribution in [0.15, 0.2) is 0 Å². The van der Waals surface area contributed by atoms with Crippen molar-refractivity contribution in [2.45, 2.75) is 38.2 Å². The Balaban J connectivity index is 1.77. The maximum absolute atomic E-state index is 10.3. The van der Waals surface area contributed by atoms with Crippen LogP contribution in [0.2, 0.25) is 0 Å². The molecule has 3 aliphatic rings. The van der Waals surface area contributed by atoms with Gasteiger partial charge in [-0.05, 0) is 49.4 Å². The summed E-state index contributed by atoms with van der Waals surface area (Å²) in [5.41, 5.74) is 0. The van der Waals surface area contributed by atoms with Gasteiger partial charge in [0, 0.05) is 0 Å². The van der Waals surface area contributed by atoms with Crippen molar-refractivity contribution in [3.8, 4) is 0 Å². The van der Waals surface area contributed by atoms with Gasteiger partial charge in [0.25, 0.3) is 6.47 Å². The summed E-state index contributed by atoms with van der Waals surface area (Å²) >= 11 is 0. The summed E-state index contributed by atoms with van der Waals surface area (Å²) in [5, 5.41) is 0. The van der Waals surface area contributed by atoms with Gasteiger partial charge in [-0.2, -0.15) is 0 Å². The van der Waals surface area contributed by atoms with E-state index in [1.54, 1.807) is 0 Å². The average Bonchev–Trinajstić information content (AvgIpc) is 2.72. The third-order valence-electron chi connectivity index (χ3n) is 4.60. The Kier molecular flexibility index (Phi) is 1.64. The molecule has 0 amide bonds. The molecule has 13 heavy (non-hydrogen) atoms. The molecule has 3 rings (SSSR count). The molecule has 3 saturated carbocycles. The van der Waals surface area contributed by atoms with Gasteiger partial charge in [0.1, 0.15) is 6.10 Å². The Morgan fingerprint density at radius 2 is 1.92 bits per heavy atom. The number of rotatable bonds is 2. The maximum Gasteiger partial charge on any atom is 0.293 e. The summed E-state index contributed by atoms with van der Waals surface area (Å²) in [6.07, 6.45) is 7.03. The fourth-order valence-electron chi connectivity index (χ4n) is 4.23. The number of carbonyl (C=O) groups is 1. The van der Waals surface area contributed by atoms with E-state index in [0.717, 1.165) is 30.1 Å². The molecule has 0 unspecified atom stereocenters. The maximum atomic E-state index is 10.3. The number of hydrogen-bond acceptors (Lipinski definition) is 2. The molecule has 3 aliphatic carbocycles. The standard InChI is InChI=1S/C11H16O2/c12-6-13-11-5-7-4-10(11)9-3-1-2-8(7)9/h6-11H,1-5H2/t7-,8+,9-,10+,11-/m1/s1. The predicted molar refractivity (Wildman–Crippen MR) is 48.0 cm³/mol. The lowest BCUT2D eigenvalue weighted by Gasteiger charge is -2.30. The molecule has 0 spiro atoms. The van der Waals surface area contributed by atoms with Crippen molar-refractivity contribution in [3.05, 3.63) is 0 Å². The second-order valence-electron chi connectivity index (χ2n) is 4.92. The minimum absolute atomic E-state index is 0.279. The third kappa shape index (κ3) is 0.976. The smallest absolute Gasteiger partial charge is 0.293 e. The highest BCUT2D eigenvalue weighted by atomic mass is 16.5. The normalized spacial score (nSPS) is 52.2. The Labute approximate surface area is 78.6 Å². The molecule has 0 N–H and O–H groups in total. The summed E-state index contributed by atoms with van der Waals surface area (Å²) in [6.45, 7) is 0.648. The van der Waals surface area contributed by atoms with Gasteiger partial charge in [0.2, 0.25) is 0 Å². The summed E-state index contributed by atoms with van der Waals surface area (Å²) in [7, 11) is 0. The van der Waals surface area contributed by atoms with Crippen molar-refractivity contribution in [1.29, 1.82) is 0 Å². The van der Waals surface area contributed by atoms with Gasteiger partial charge < -0.3 is 4.74 Å². The van der Waals surface area contributed by atoms with Crippen molar-refractivity contribution in [1.82, 2.24) is 0 Å².